The number of methoxy groups -OCH3 is 1. The minimum Gasteiger partial charge on any atom is -0.497 e. The lowest BCUT2D eigenvalue weighted by Gasteiger charge is -2.21. The molecule has 1 saturated carbocycles. The molecule has 0 bridgehead atoms. The molecule has 0 saturated heterocycles. The Labute approximate surface area is 154 Å². The molecule has 0 spiro atoms. The molecule has 4 nitrogen and oxygen atoms in total. The normalized spacial score (nSPS) is 13.7. The molecule has 138 valence electrons. The van der Waals surface area contributed by atoms with Crippen LogP contribution < -0.4 is 10.1 Å². The number of hydrogen-bond acceptors (Lipinski definition) is 3. The highest BCUT2D eigenvalue weighted by molar-refractivity contribution is 5.78. The number of nitrogens with one attached hydrogen (secondary N) is 1. The van der Waals surface area contributed by atoms with Crippen molar-refractivity contribution >= 4 is 5.91 Å². The molecular weight excluding hydrogens is 331 g/mol. The molecule has 0 aliphatic heterocycles. The molecule has 0 aromatic heterocycles. The first-order valence-corrected chi connectivity index (χ1v) is 9.03. The van der Waals surface area contributed by atoms with Crippen molar-refractivity contribution in [3.05, 3.63) is 65.5 Å². The lowest BCUT2D eigenvalue weighted by atomic mass is 10.1. The largest absolute Gasteiger partial charge is 0.497 e. The second kappa shape index (κ2) is 8.81. The molecule has 5 heteroatoms. The third-order valence-corrected chi connectivity index (χ3v) is 4.63. The van der Waals surface area contributed by atoms with Gasteiger partial charge in [0.1, 0.15) is 11.6 Å². The van der Waals surface area contributed by atoms with Crippen LogP contribution in [-0.4, -0.2) is 37.0 Å². The first kappa shape index (κ1) is 18.4. The van der Waals surface area contributed by atoms with Crippen molar-refractivity contribution in [3.63, 3.8) is 0 Å². The summed E-state index contributed by atoms with van der Waals surface area (Å²) in [5.74, 6) is 0.597. The number of carbonyl (C=O) groups excluding carboxylic acids is 1. The smallest absolute Gasteiger partial charge is 0.234 e. The molecule has 1 aliphatic rings. The van der Waals surface area contributed by atoms with Crippen LogP contribution in [0.3, 0.4) is 0 Å². The third kappa shape index (κ3) is 5.30. The summed E-state index contributed by atoms with van der Waals surface area (Å²) in [7, 11) is 1.65. The van der Waals surface area contributed by atoms with Gasteiger partial charge in [0.15, 0.2) is 0 Å². The van der Waals surface area contributed by atoms with Crippen LogP contribution in [0.2, 0.25) is 0 Å². The standard InChI is InChI=1S/C21H25FN2O2/c1-26-19-10-6-16(7-11-19)14-24(18-8-9-18)15-21(25)23-13-12-17-4-2-3-5-20(17)22/h2-7,10-11,18H,8-9,12-15H2,1H3,(H,23,25). The highest BCUT2D eigenvalue weighted by Gasteiger charge is 2.30. The van der Waals surface area contributed by atoms with Crippen molar-refractivity contribution in [2.24, 2.45) is 0 Å². The summed E-state index contributed by atoms with van der Waals surface area (Å²) in [6.45, 7) is 1.56. The van der Waals surface area contributed by atoms with Crippen molar-refractivity contribution < 1.29 is 13.9 Å². The molecule has 26 heavy (non-hydrogen) atoms. The van der Waals surface area contributed by atoms with Crippen molar-refractivity contribution in [2.45, 2.75) is 31.8 Å². The Balaban J connectivity index is 1.48. The number of rotatable bonds is 9. The number of benzene rings is 2. The van der Waals surface area contributed by atoms with Crippen LogP contribution in [0.4, 0.5) is 4.39 Å². The molecule has 1 N–H and O–H groups in total. The third-order valence-electron chi connectivity index (χ3n) is 4.63. The van der Waals surface area contributed by atoms with Crippen LogP contribution in [0.25, 0.3) is 0 Å². The van der Waals surface area contributed by atoms with E-state index < -0.39 is 0 Å². The number of hydrogen-bond donors (Lipinski definition) is 1. The lowest BCUT2D eigenvalue weighted by Crippen LogP contribution is -2.38. The Morgan fingerprint density at radius 3 is 2.58 bits per heavy atom. The van der Waals surface area contributed by atoms with E-state index in [1.165, 1.54) is 6.07 Å². The average Bonchev–Trinajstić information content (AvgIpc) is 3.48. The maximum Gasteiger partial charge on any atom is 0.234 e. The molecule has 1 aliphatic carbocycles. The van der Waals surface area contributed by atoms with E-state index >= 15 is 0 Å². The van der Waals surface area contributed by atoms with Gasteiger partial charge in [-0.05, 0) is 48.6 Å². The highest BCUT2D eigenvalue weighted by Crippen LogP contribution is 2.28. The summed E-state index contributed by atoms with van der Waals surface area (Å²) < 4.78 is 18.8. The highest BCUT2D eigenvalue weighted by atomic mass is 19.1. The van der Waals surface area contributed by atoms with Gasteiger partial charge in [0.05, 0.1) is 13.7 Å². The summed E-state index contributed by atoms with van der Waals surface area (Å²) >= 11 is 0. The first-order valence-electron chi connectivity index (χ1n) is 9.03. The molecular formula is C21H25FN2O2. The fraction of sp³-hybridized carbons (Fsp3) is 0.381. The van der Waals surface area contributed by atoms with E-state index in [1.807, 2.05) is 30.3 Å². The van der Waals surface area contributed by atoms with Crippen molar-refractivity contribution in [1.29, 1.82) is 0 Å². The van der Waals surface area contributed by atoms with Crippen molar-refractivity contribution in [3.8, 4) is 5.75 Å². The molecule has 3 rings (SSSR count). The number of ether oxygens (including phenoxy) is 1. The van der Waals surface area contributed by atoms with Gasteiger partial charge in [-0.3, -0.25) is 9.69 Å². The topological polar surface area (TPSA) is 41.6 Å². The van der Waals surface area contributed by atoms with Crippen molar-refractivity contribution in [2.75, 3.05) is 20.2 Å². The molecule has 0 unspecified atom stereocenters. The quantitative estimate of drug-likeness (QED) is 0.750. The molecule has 0 atom stereocenters. The fourth-order valence-electron chi connectivity index (χ4n) is 3.00. The van der Waals surface area contributed by atoms with Gasteiger partial charge >= 0.3 is 0 Å². The number of nitrogens with zero attached hydrogens (tertiary/aromatic N) is 1. The van der Waals surface area contributed by atoms with Crippen molar-refractivity contribution in [1.82, 2.24) is 10.2 Å². The summed E-state index contributed by atoms with van der Waals surface area (Å²) in [4.78, 5) is 14.5. The molecule has 0 heterocycles. The van der Waals surface area contributed by atoms with E-state index in [-0.39, 0.29) is 11.7 Å². The SMILES string of the molecule is COc1ccc(CN(CC(=O)NCCc2ccccc2F)C2CC2)cc1. The maximum atomic E-state index is 13.6. The van der Waals surface area contributed by atoms with Crippen LogP contribution in [0.5, 0.6) is 5.75 Å². The second-order valence-electron chi connectivity index (χ2n) is 6.68. The predicted octanol–water partition coefficient (Wildman–Crippen LogP) is 3.16. The van der Waals surface area contributed by atoms with Crippen LogP contribution in [0.15, 0.2) is 48.5 Å². The van der Waals surface area contributed by atoms with Gasteiger partial charge in [-0.2, -0.15) is 0 Å². The predicted molar refractivity (Wildman–Crippen MR) is 99.5 cm³/mol. The molecule has 2 aromatic carbocycles. The zero-order chi connectivity index (χ0) is 18.4. The average molecular weight is 356 g/mol. The van der Waals surface area contributed by atoms with Gasteiger partial charge in [-0.1, -0.05) is 30.3 Å². The Morgan fingerprint density at radius 1 is 1.19 bits per heavy atom. The van der Waals surface area contributed by atoms with Gasteiger partial charge in [-0.15, -0.1) is 0 Å². The Morgan fingerprint density at radius 2 is 1.92 bits per heavy atom. The zero-order valence-corrected chi connectivity index (χ0v) is 15.1. The van der Waals surface area contributed by atoms with Gasteiger partial charge in [-0.25, -0.2) is 4.39 Å². The first-order chi connectivity index (χ1) is 12.7. The van der Waals surface area contributed by atoms with Gasteiger partial charge in [0.25, 0.3) is 0 Å². The lowest BCUT2D eigenvalue weighted by molar-refractivity contribution is -0.122. The summed E-state index contributed by atoms with van der Waals surface area (Å²) in [6.07, 6.45) is 2.78. The number of carbonyl (C=O) groups is 1. The zero-order valence-electron chi connectivity index (χ0n) is 15.1. The number of halogens is 1. The Bertz CT molecular complexity index is 729. The molecule has 1 fully saturated rings. The Hall–Kier alpha value is -2.40. The van der Waals surface area contributed by atoms with E-state index in [1.54, 1.807) is 19.2 Å². The summed E-state index contributed by atoms with van der Waals surface area (Å²) in [5.41, 5.74) is 1.79. The van der Waals surface area contributed by atoms with E-state index in [0.29, 0.717) is 31.1 Å². The molecule has 2 aromatic rings. The van der Waals surface area contributed by atoms with Crippen LogP contribution in [-0.2, 0) is 17.8 Å². The van der Waals surface area contributed by atoms with Crippen LogP contribution in [0.1, 0.15) is 24.0 Å². The molecule has 1 amide bonds. The van der Waals surface area contributed by atoms with E-state index in [0.717, 1.165) is 30.7 Å². The van der Waals surface area contributed by atoms with E-state index in [2.05, 4.69) is 10.2 Å². The molecule has 0 radical (unpaired) electrons. The summed E-state index contributed by atoms with van der Waals surface area (Å²) in [5, 5.41) is 2.91. The van der Waals surface area contributed by atoms with Crippen LogP contribution >= 0.6 is 0 Å². The monoisotopic (exact) mass is 356 g/mol. The van der Waals surface area contributed by atoms with E-state index in [4.69, 9.17) is 4.74 Å². The van der Waals surface area contributed by atoms with Gasteiger partial charge in [0, 0.05) is 19.1 Å². The van der Waals surface area contributed by atoms with Gasteiger partial charge < -0.3 is 10.1 Å². The van der Waals surface area contributed by atoms with E-state index in [9.17, 15) is 9.18 Å². The number of amides is 1. The van der Waals surface area contributed by atoms with Crippen LogP contribution in [0, 0.1) is 5.82 Å². The van der Waals surface area contributed by atoms with Gasteiger partial charge in [0.2, 0.25) is 5.91 Å². The minimum absolute atomic E-state index is 0.0123. The minimum atomic E-state index is -0.221. The second-order valence-corrected chi connectivity index (χ2v) is 6.68. The fourth-order valence-corrected chi connectivity index (χ4v) is 3.00. The summed E-state index contributed by atoms with van der Waals surface area (Å²) in [6, 6.07) is 15.1. The Kier molecular flexibility index (Phi) is 6.23. The maximum absolute atomic E-state index is 13.6.